The fourth-order valence-electron chi connectivity index (χ4n) is 2.42. The molecule has 1 aromatic rings. The van der Waals surface area contributed by atoms with E-state index >= 15 is 0 Å². The Bertz CT molecular complexity index is 392. The number of halogens is 1. The maximum Gasteiger partial charge on any atom is 0.143 e. The van der Waals surface area contributed by atoms with E-state index < -0.39 is 0 Å². The van der Waals surface area contributed by atoms with E-state index in [9.17, 15) is 0 Å². The van der Waals surface area contributed by atoms with E-state index in [1.807, 2.05) is 13.1 Å². The number of benzene rings is 1. The first-order chi connectivity index (χ1) is 7.69. The fraction of sp³-hybridized carbons (Fsp3) is 0.538. The molecule has 0 amide bonds. The standard InChI is InChI=1S/C13H18ClNO/c1-4-5-10-12(15-3)11-8(2)6-7-9(14)13(11)16-10/h6-7,10,12,15H,4-5H2,1-3H3. The van der Waals surface area contributed by atoms with Gasteiger partial charge in [-0.3, -0.25) is 0 Å². The van der Waals surface area contributed by atoms with Crippen LogP contribution >= 0.6 is 11.6 Å². The van der Waals surface area contributed by atoms with Gasteiger partial charge in [0.1, 0.15) is 11.9 Å². The fourth-order valence-corrected chi connectivity index (χ4v) is 2.63. The highest BCUT2D eigenvalue weighted by atomic mass is 35.5. The van der Waals surface area contributed by atoms with Gasteiger partial charge in [0.05, 0.1) is 11.1 Å². The van der Waals surface area contributed by atoms with Gasteiger partial charge in [-0.1, -0.05) is 31.0 Å². The molecule has 0 radical (unpaired) electrons. The van der Waals surface area contributed by atoms with Crippen molar-refractivity contribution in [1.29, 1.82) is 0 Å². The average Bonchev–Trinajstić information content (AvgIpc) is 2.64. The lowest BCUT2D eigenvalue weighted by Gasteiger charge is -2.18. The summed E-state index contributed by atoms with van der Waals surface area (Å²) in [5.41, 5.74) is 2.48. The quantitative estimate of drug-likeness (QED) is 0.872. The van der Waals surface area contributed by atoms with Gasteiger partial charge in [-0.15, -0.1) is 0 Å². The average molecular weight is 240 g/mol. The van der Waals surface area contributed by atoms with Gasteiger partial charge in [0.2, 0.25) is 0 Å². The van der Waals surface area contributed by atoms with Crippen LogP contribution in [0.25, 0.3) is 0 Å². The van der Waals surface area contributed by atoms with Gasteiger partial charge in [-0.2, -0.15) is 0 Å². The van der Waals surface area contributed by atoms with Gasteiger partial charge >= 0.3 is 0 Å². The van der Waals surface area contributed by atoms with Crippen LogP contribution in [0.15, 0.2) is 12.1 Å². The Labute approximate surface area is 102 Å². The van der Waals surface area contributed by atoms with Crippen molar-refractivity contribution < 1.29 is 4.74 Å². The number of aryl methyl sites for hydroxylation is 1. The molecule has 16 heavy (non-hydrogen) atoms. The van der Waals surface area contributed by atoms with Crippen LogP contribution < -0.4 is 10.1 Å². The Morgan fingerprint density at radius 2 is 2.19 bits per heavy atom. The Morgan fingerprint density at radius 1 is 1.44 bits per heavy atom. The molecule has 0 saturated heterocycles. The highest BCUT2D eigenvalue weighted by molar-refractivity contribution is 6.32. The lowest BCUT2D eigenvalue weighted by molar-refractivity contribution is 0.182. The first kappa shape index (κ1) is 11.7. The second-order valence-corrected chi connectivity index (χ2v) is 4.73. The normalized spacial score (nSPS) is 23.0. The van der Waals surface area contributed by atoms with E-state index in [4.69, 9.17) is 16.3 Å². The van der Waals surface area contributed by atoms with Crippen LogP contribution in [0, 0.1) is 6.92 Å². The summed E-state index contributed by atoms with van der Waals surface area (Å²) in [5, 5.41) is 4.06. The summed E-state index contributed by atoms with van der Waals surface area (Å²) in [5.74, 6) is 0.875. The van der Waals surface area contributed by atoms with Crippen molar-refractivity contribution in [3.63, 3.8) is 0 Å². The van der Waals surface area contributed by atoms with Crippen molar-refractivity contribution in [2.24, 2.45) is 0 Å². The van der Waals surface area contributed by atoms with Crippen LogP contribution in [0.1, 0.15) is 36.9 Å². The largest absolute Gasteiger partial charge is 0.487 e. The number of likely N-dealkylation sites (N-methyl/N-ethyl adjacent to an activating group) is 1. The van der Waals surface area contributed by atoms with Crippen LogP contribution in [-0.2, 0) is 0 Å². The topological polar surface area (TPSA) is 21.3 Å². The van der Waals surface area contributed by atoms with Gasteiger partial charge in [-0.05, 0) is 32.0 Å². The van der Waals surface area contributed by atoms with E-state index in [2.05, 4.69) is 25.2 Å². The Kier molecular flexibility index (Phi) is 3.41. The predicted octanol–water partition coefficient (Wildman–Crippen LogP) is 3.47. The molecule has 0 bridgehead atoms. The highest BCUT2D eigenvalue weighted by Gasteiger charge is 2.35. The molecule has 1 aliphatic rings. The molecular formula is C13H18ClNO. The Hall–Kier alpha value is -0.730. The maximum absolute atomic E-state index is 6.18. The van der Waals surface area contributed by atoms with E-state index in [-0.39, 0.29) is 12.1 Å². The summed E-state index contributed by atoms with van der Waals surface area (Å²) in [7, 11) is 1.98. The summed E-state index contributed by atoms with van der Waals surface area (Å²) in [6, 6.07) is 4.24. The maximum atomic E-state index is 6.18. The van der Waals surface area contributed by atoms with E-state index in [0.29, 0.717) is 0 Å². The van der Waals surface area contributed by atoms with Crippen molar-refractivity contribution in [3.8, 4) is 5.75 Å². The molecule has 1 heterocycles. The molecule has 0 aromatic heterocycles. The smallest absolute Gasteiger partial charge is 0.143 e. The first-order valence-corrected chi connectivity index (χ1v) is 6.19. The van der Waals surface area contributed by atoms with Crippen LogP contribution in [0.4, 0.5) is 0 Å². The number of ether oxygens (including phenoxy) is 1. The lowest BCUT2D eigenvalue weighted by atomic mass is 9.97. The second-order valence-electron chi connectivity index (χ2n) is 4.32. The molecule has 1 aliphatic heterocycles. The zero-order valence-corrected chi connectivity index (χ0v) is 10.8. The minimum atomic E-state index is 0.212. The summed E-state index contributed by atoms with van der Waals surface area (Å²) < 4.78 is 5.97. The van der Waals surface area contributed by atoms with Crippen LogP contribution in [-0.4, -0.2) is 13.2 Å². The molecule has 2 rings (SSSR count). The summed E-state index contributed by atoms with van der Waals surface area (Å²) in [4.78, 5) is 0. The summed E-state index contributed by atoms with van der Waals surface area (Å²) in [6.45, 7) is 4.28. The number of rotatable bonds is 3. The van der Waals surface area contributed by atoms with Crippen molar-refractivity contribution in [2.75, 3.05) is 7.05 Å². The number of fused-ring (bicyclic) bond motifs is 1. The van der Waals surface area contributed by atoms with Gasteiger partial charge in [0.25, 0.3) is 0 Å². The van der Waals surface area contributed by atoms with Crippen molar-refractivity contribution in [3.05, 3.63) is 28.3 Å². The number of hydrogen-bond acceptors (Lipinski definition) is 2. The van der Waals surface area contributed by atoms with Crippen molar-refractivity contribution in [1.82, 2.24) is 5.32 Å². The van der Waals surface area contributed by atoms with Crippen molar-refractivity contribution in [2.45, 2.75) is 38.8 Å². The van der Waals surface area contributed by atoms with E-state index in [0.717, 1.165) is 23.6 Å². The molecule has 0 spiro atoms. The predicted molar refractivity (Wildman–Crippen MR) is 67.3 cm³/mol. The molecular weight excluding hydrogens is 222 g/mol. The molecule has 0 fully saturated rings. The molecule has 1 N–H and O–H groups in total. The number of nitrogens with one attached hydrogen (secondary N) is 1. The van der Waals surface area contributed by atoms with Gasteiger partial charge in [0.15, 0.2) is 0 Å². The SMILES string of the molecule is CCCC1Oc2c(Cl)ccc(C)c2C1NC. The third-order valence-electron chi connectivity index (χ3n) is 3.20. The zero-order valence-electron chi connectivity index (χ0n) is 10.0. The van der Waals surface area contributed by atoms with Crippen LogP contribution in [0.2, 0.25) is 5.02 Å². The first-order valence-electron chi connectivity index (χ1n) is 5.82. The molecule has 2 nitrogen and oxygen atoms in total. The minimum Gasteiger partial charge on any atom is -0.487 e. The number of hydrogen-bond donors (Lipinski definition) is 1. The zero-order chi connectivity index (χ0) is 11.7. The van der Waals surface area contributed by atoms with Crippen LogP contribution in [0.5, 0.6) is 5.75 Å². The molecule has 0 saturated carbocycles. The van der Waals surface area contributed by atoms with E-state index in [1.54, 1.807) is 0 Å². The monoisotopic (exact) mass is 239 g/mol. The Balaban J connectivity index is 2.42. The molecule has 0 aliphatic carbocycles. The summed E-state index contributed by atoms with van der Waals surface area (Å²) in [6.07, 6.45) is 2.38. The third kappa shape index (κ3) is 1.80. The Morgan fingerprint density at radius 3 is 2.81 bits per heavy atom. The minimum absolute atomic E-state index is 0.212. The molecule has 2 unspecified atom stereocenters. The third-order valence-corrected chi connectivity index (χ3v) is 3.50. The van der Waals surface area contributed by atoms with Crippen molar-refractivity contribution >= 4 is 11.6 Å². The lowest BCUT2D eigenvalue weighted by Crippen LogP contribution is -2.28. The molecule has 2 atom stereocenters. The summed E-state index contributed by atoms with van der Waals surface area (Å²) >= 11 is 6.18. The van der Waals surface area contributed by atoms with Gasteiger partial charge in [0, 0.05) is 5.56 Å². The molecule has 88 valence electrons. The second kappa shape index (κ2) is 4.64. The highest BCUT2D eigenvalue weighted by Crippen LogP contribution is 2.44. The van der Waals surface area contributed by atoms with Gasteiger partial charge < -0.3 is 10.1 Å². The van der Waals surface area contributed by atoms with Gasteiger partial charge in [-0.25, -0.2) is 0 Å². The van der Waals surface area contributed by atoms with Crippen LogP contribution in [0.3, 0.4) is 0 Å². The van der Waals surface area contributed by atoms with E-state index in [1.165, 1.54) is 11.1 Å². The molecule has 1 aromatic carbocycles. The molecule has 3 heteroatoms.